The average Bonchev–Trinajstić information content (AvgIpc) is 2.39. The molecule has 19 heavy (non-hydrogen) atoms. The van der Waals surface area contributed by atoms with Crippen LogP contribution in [0.15, 0.2) is 28.7 Å². The highest BCUT2D eigenvalue weighted by atomic mass is 79.9. The van der Waals surface area contributed by atoms with Gasteiger partial charge in [-0.2, -0.15) is 0 Å². The first-order chi connectivity index (χ1) is 9.06. The smallest absolute Gasteiger partial charge is 0.226 e. The second kappa shape index (κ2) is 6.89. The van der Waals surface area contributed by atoms with Crippen molar-refractivity contribution in [2.24, 2.45) is 5.92 Å². The van der Waals surface area contributed by atoms with Gasteiger partial charge in [0.1, 0.15) is 0 Å². The highest BCUT2D eigenvalue weighted by Gasteiger charge is 2.25. The summed E-state index contributed by atoms with van der Waals surface area (Å²) in [5.41, 5.74) is 1.08. The molecule has 104 valence electrons. The van der Waals surface area contributed by atoms with Gasteiger partial charge in [-0.3, -0.25) is 4.79 Å². The molecule has 4 heteroatoms. The Kier molecular flexibility index (Phi) is 5.46. The number of piperidine rings is 1. The minimum absolute atomic E-state index is 0.249. The summed E-state index contributed by atoms with van der Waals surface area (Å²) in [6.07, 6.45) is 2.72. The van der Waals surface area contributed by atoms with Gasteiger partial charge in [-0.25, -0.2) is 0 Å². The van der Waals surface area contributed by atoms with Gasteiger partial charge >= 0.3 is 0 Å². The zero-order valence-corrected chi connectivity index (χ0v) is 14.3. The standard InChI is InChI=1S/C15H19Br2NO/c1-11(16)13-5-7-18(8-6-13)15(19)10-12-3-2-4-14(17)9-12/h2-4,9,11,13H,5-8,10H2,1H3. The van der Waals surface area contributed by atoms with Gasteiger partial charge in [0.2, 0.25) is 5.91 Å². The highest BCUT2D eigenvalue weighted by molar-refractivity contribution is 9.10. The maximum Gasteiger partial charge on any atom is 0.226 e. The van der Waals surface area contributed by atoms with E-state index in [1.54, 1.807) is 0 Å². The van der Waals surface area contributed by atoms with Crippen molar-refractivity contribution in [2.45, 2.75) is 31.0 Å². The van der Waals surface area contributed by atoms with Crippen LogP contribution in [0.1, 0.15) is 25.3 Å². The van der Waals surface area contributed by atoms with Crippen LogP contribution in [0.4, 0.5) is 0 Å². The van der Waals surface area contributed by atoms with E-state index in [0.29, 0.717) is 17.2 Å². The third-order valence-corrected chi connectivity index (χ3v) is 5.03. The summed E-state index contributed by atoms with van der Waals surface area (Å²) < 4.78 is 1.03. The van der Waals surface area contributed by atoms with Crippen molar-refractivity contribution in [3.63, 3.8) is 0 Å². The minimum atomic E-state index is 0.249. The van der Waals surface area contributed by atoms with Crippen LogP contribution in [0.2, 0.25) is 0 Å². The fourth-order valence-electron chi connectivity index (χ4n) is 2.54. The predicted molar refractivity (Wildman–Crippen MR) is 85.5 cm³/mol. The Labute approximate surface area is 131 Å². The summed E-state index contributed by atoms with van der Waals surface area (Å²) in [7, 11) is 0. The number of nitrogens with zero attached hydrogens (tertiary/aromatic N) is 1. The molecule has 1 fully saturated rings. The Balaban J connectivity index is 1.88. The molecule has 1 heterocycles. The number of rotatable bonds is 3. The van der Waals surface area contributed by atoms with Crippen LogP contribution in [0.3, 0.4) is 0 Å². The van der Waals surface area contributed by atoms with Crippen molar-refractivity contribution in [3.8, 4) is 0 Å². The summed E-state index contributed by atoms with van der Waals surface area (Å²) in [6.45, 7) is 3.99. The molecule has 2 nitrogen and oxygen atoms in total. The summed E-state index contributed by atoms with van der Waals surface area (Å²) in [5.74, 6) is 0.952. The topological polar surface area (TPSA) is 20.3 Å². The van der Waals surface area contributed by atoms with Crippen molar-refractivity contribution < 1.29 is 4.79 Å². The average molecular weight is 389 g/mol. The maximum absolute atomic E-state index is 12.3. The fourth-order valence-corrected chi connectivity index (χ4v) is 3.52. The molecule has 1 aromatic rings. The maximum atomic E-state index is 12.3. The molecular weight excluding hydrogens is 370 g/mol. The Bertz CT molecular complexity index is 440. The highest BCUT2D eigenvalue weighted by Crippen LogP contribution is 2.25. The van der Waals surface area contributed by atoms with E-state index in [1.165, 1.54) is 0 Å². The molecule has 0 aliphatic carbocycles. The number of carbonyl (C=O) groups is 1. The van der Waals surface area contributed by atoms with Gasteiger partial charge in [0.05, 0.1) is 6.42 Å². The van der Waals surface area contributed by atoms with Gasteiger partial charge in [-0.15, -0.1) is 0 Å². The van der Waals surface area contributed by atoms with Crippen LogP contribution in [0, 0.1) is 5.92 Å². The van der Waals surface area contributed by atoms with Crippen LogP contribution < -0.4 is 0 Å². The first kappa shape index (κ1) is 15.0. The van der Waals surface area contributed by atoms with Gasteiger partial charge < -0.3 is 4.90 Å². The first-order valence-electron chi connectivity index (χ1n) is 6.72. The SMILES string of the molecule is CC(Br)C1CCN(C(=O)Cc2cccc(Br)c2)CC1. The molecule has 0 saturated carbocycles. The van der Waals surface area contributed by atoms with Crippen molar-refractivity contribution in [2.75, 3.05) is 13.1 Å². The molecule has 1 unspecified atom stereocenters. The Hall–Kier alpha value is -0.350. The molecule has 1 saturated heterocycles. The molecule has 1 amide bonds. The summed E-state index contributed by atoms with van der Waals surface area (Å²) in [4.78, 5) is 14.8. The molecule has 1 aliphatic heterocycles. The summed E-state index contributed by atoms with van der Waals surface area (Å²) in [5, 5.41) is 0. The number of amides is 1. The van der Waals surface area contributed by atoms with Gasteiger partial charge in [-0.05, 0) is 36.5 Å². The van der Waals surface area contributed by atoms with Gasteiger partial charge in [0.25, 0.3) is 0 Å². The Morgan fingerprint density at radius 1 is 1.42 bits per heavy atom. The van der Waals surface area contributed by atoms with E-state index in [4.69, 9.17) is 0 Å². The van der Waals surface area contributed by atoms with Crippen LogP contribution in [-0.2, 0) is 11.2 Å². The molecular formula is C15H19Br2NO. The molecule has 1 aromatic carbocycles. The third kappa shape index (κ3) is 4.32. The quantitative estimate of drug-likeness (QED) is 0.716. The van der Waals surface area contributed by atoms with Crippen LogP contribution in [0.5, 0.6) is 0 Å². The van der Waals surface area contributed by atoms with Crippen LogP contribution in [0.25, 0.3) is 0 Å². The van der Waals surface area contributed by atoms with Crippen molar-refractivity contribution in [3.05, 3.63) is 34.3 Å². The van der Waals surface area contributed by atoms with Gasteiger partial charge in [0.15, 0.2) is 0 Å². The number of likely N-dealkylation sites (tertiary alicyclic amines) is 1. The van der Waals surface area contributed by atoms with E-state index in [0.717, 1.165) is 36.0 Å². The zero-order chi connectivity index (χ0) is 13.8. The van der Waals surface area contributed by atoms with E-state index in [-0.39, 0.29) is 5.91 Å². The zero-order valence-electron chi connectivity index (χ0n) is 11.1. The number of hydrogen-bond donors (Lipinski definition) is 0. The number of alkyl halides is 1. The molecule has 0 spiro atoms. The number of hydrogen-bond acceptors (Lipinski definition) is 1. The lowest BCUT2D eigenvalue weighted by Gasteiger charge is -2.33. The predicted octanol–water partition coefficient (Wildman–Crippen LogP) is 4.01. The van der Waals surface area contributed by atoms with Crippen molar-refractivity contribution in [1.82, 2.24) is 4.90 Å². The lowest BCUT2D eigenvalue weighted by atomic mass is 9.94. The lowest BCUT2D eigenvalue weighted by Crippen LogP contribution is -2.40. The van der Waals surface area contributed by atoms with E-state index in [2.05, 4.69) is 38.8 Å². The monoisotopic (exact) mass is 387 g/mol. The van der Waals surface area contributed by atoms with E-state index >= 15 is 0 Å². The van der Waals surface area contributed by atoms with E-state index in [1.807, 2.05) is 29.2 Å². The van der Waals surface area contributed by atoms with Crippen molar-refractivity contribution >= 4 is 37.8 Å². The first-order valence-corrected chi connectivity index (χ1v) is 8.43. The van der Waals surface area contributed by atoms with Crippen LogP contribution >= 0.6 is 31.9 Å². The minimum Gasteiger partial charge on any atom is -0.342 e. The molecule has 0 radical (unpaired) electrons. The molecule has 0 bridgehead atoms. The molecule has 0 aromatic heterocycles. The second-order valence-corrected chi connectivity index (χ2v) is 7.56. The number of halogens is 2. The van der Waals surface area contributed by atoms with E-state index < -0.39 is 0 Å². The largest absolute Gasteiger partial charge is 0.342 e. The number of benzene rings is 1. The normalized spacial score (nSPS) is 18.4. The van der Waals surface area contributed by atoms with E-state index in [9.17, 15) is 4.79 Å². The lowest BCUT2D eigenvalue weighted by molar-refractivity contribution is -0.131. The molecule has 1 atom stereocenters. The second-order valence-electron chi connectivity index (χ2n) is 5.20. The third-order valence-electron chi connectivity index (χ3n) is 3.79. The molecule has 1 aliphatic rings. The Morgan fingerprint density at radius 3 is 2.68 bits per heavy atom. The van der Waals surface area contributed by atoms with Crippen molar-refractivity contribution in [1.29, 1.82) is 0 Å². The molecule has 2 rings (SSSR count). The fraction of sp³-hybridized carbons (Fsp3) is 0.533. The van der Waals surface area contributed by atoms with Crippen LogP contribution in [-0.4, -0.2) is 28.7 Å². The molecule has 0 N–H and O–H groups in total. The Morgan fingerprint density at radius 2 is 2.11 bits per heavy atom. The number of carbonyl (C=O) groups excluding carboxylic acids is 1. The van der Waals surface area contributed by atoms with Gasteiger partial charge in [-0.1, -0.05) is 50.9 Å². The van der Waals surface area contributed by atoms with Gasteiger partial charge in [0, 0.05) is 22.4 Å². The summed E-state index contributed by atoms with van der Waals surface area (Å²) >= 11 is 7.09. The summed E-state index contributed by atoms with van der Waals surface area (Å²) in [6, 6.07) is 7.99.